The van der Waals surface area contributed by atoms with Gasteiger partial charge in [-0.05, 0) is 112 Å². The van der Waals surface area contributed by atoms with E-state index in [1.807, 2.05) is 21.0 Å². The standard InChI is InChI=1S/C28H48O2.C3H8.3H2/c1-19(8-7-15-26(2,3)29)23-11-12-24-22-10-9-20-18-21(30-6)13-16-27(20,4)25(22)14-17-28(23,24)5;1-3-2;;;/h9,19,21-25,29H,7-8,10-18H2,1-6H3;3H2,1-2H3;3*1H/t19-,21+,22+,23?,24?,25?,27+,28-;;;;/m1..../s1. The molecule has 0 bridgehead atoms. The molecule has 0 amide bonds. The summed E-state index contributed by atoms with van der Waals surface area (Å²) in [6.07, 6.45) is 18.6. The van der Waals surface area contributed by atoms with Crippen molar-refractivity contribution < 1.29 is 14.1 Å². The highest BCUT2D eigenvalue weighted by Gasteiger charge is 2.59. The van der Waals surface area contributed by atoms with E-state index in [0.29, 0.717) is 16.9 Å². The molecule has 4 rings (SSSR count). The van der Waals surface area contributed by atoms with E-state index >= 15 is 0 Å². The SMILES string of the molecule is CCC.CO[C@H]1CC[C@@]2(C)C(=CC[C@H]3C4CCC([C@H](C)CCCC(C)(C)O)[C@@]4(C)CCC32)C1.[HH].[HH].[HH]. The molecule has 0 aromatic carbocycles. The van der Waals surface area contributed by atoms with E-state index in [4.69, 9.17) is 4.74 Å². The van der Waals surface area contributed by atoms with Crippen LogP contribution in [0.5, 0.6) is 0 Å². The fourth-order valence-corrected chi connectivity index (χ4v) is 8.86. The van der Waals surface area contributed by atoms with Crippen molar-refractivity contribution in [3.63, 3.8) is 0 Å². The van der Waals surface area contributed by atoms with Gasteiger partial charge >= 0.3 is 0 Å². The van der Waals surface area contributed by atoms with Crippen LogP contribution in [0.1, 0.15) is 130 Å². The van der Waals surface area contributed by atoms with Gasteiger partial charge in [-0.2, -0.15) is 0 Å². The first-order valence-electron chi connectivity index (χ1n) is 14.4. The van der Waals surface area contributed by atoms with Crippen LogP contribution < -0.4 is 0 Å². The number of aliphatic hydroxyl groups is 1. The lowest BCUT2D eigenvalue weighted by atomic mass is 9.47. The number of hydrogen-bond acceptors (Lipinski definition) is 2. The van der Waals surface area contributed by atoms with Gasteiger partial charge in [-0.1, -0.05) is 65.5 Å². The largest absolute Gasteiger partial charge is 0.390 e. The van der Waals surface area contributed by atoms with Gasteiger partial charge < -0.3 is 9.84 Å². The Morgan fingerprint density at radius 1 is 1.12 bits per heavy atom. The zero-order valence-corrected chi connectivity index (χ0v) is 23.4. The molecule has 3 saturated carbocycles. The van der Waals surface area contributed by atoms with Gasteiger partial charge in [0.15, 0.2) is 0 Å². The lowest BCUT2D eigenvalue weighted by Gasteiger charge is -2.58. The normalized spacial score (nSPS) is 41.1. The van der Waals surface area contributed by atoms with Crippen LogP contribution in [0.25, 0.3) is 0 Å². The van der Waals surface area contributed by atoms with Crippen molar-refractivity contribution in [1.29, 1.82) is 0 Å². The van der Waals surface area contributed by atoms with Crippen LogP contribution in [-0.2, 0) is 4.74 Å². The molecular weight excluding hydrogens is 404 g/mol. The van der Waals surface area contributed by atoms with E-state index in [0.717, 1.165) is 36.0 Å². The van der Waals surface area contributed by atoms with Crippen molar-refractivity contribution in [2.75, 3.05) is 7.11 Å². The van der Waals surface area contributed by atoms with Gasteiger partial charge in [0.05, 0.1) is 11.7 Å². The zero-order chi connectivity index (χ0) is 24.4. The van der Waals surface area contributed by atoms with Gasteiger partial charge in [-0.15, -0.1) is 0 Å². The highest BCUT2D eigenvalue weighted by molar-refractivity contribution is 5.25. The van der Waals surface area contributed by atoms with Crippen LogP contribution in [0.15, 0.2) is 11.6 Å². The Balaban J connectivity index is 0.00000195. The second kappa shape index (κ2) is 10.7. The summed E-state index contributed by atoms with van der Waals surface area (Å²) in [7, 11) is 1.90. The second-order valence-corrected chi connectivity index (χ2v) is 13.5. The number of allylic oxidation sites excluding steroid dienone is 1. The van der Waals surface area contributed by atoms with E-state index in [-0.39, 0.29) is 4.28 Å². The van der Waals surface area contributed by atoms with E-state index < -0.39 is 5.60 Å². The van der Waals surface area contributed by atoms with Gasteiger partial charge in [0.25, 0.3) is 0 Å². The molecule has 3 fully saturated rings. The van der Waals surface area contributed by atoms with Crippen molar-refractivity contribution in [2.24, 2.45) is 40.4 Å². The highest BCUT2D eigenvalue weighted by atomic mass is 16.5. The Bertz CT molecular complexity index is 675. The fraction of sp³-hybridized carbons (Fsp3) is 0.935. The van der Waals surface area contributed by atoms with Crippen LogP contribution in [0.3, 0.4) is 0 Å². The molecule has 33 heavy (non-hydrogen) atoms. The topological polar surface area (TPSA) is 29.5 Å². The third kappa shape index (κ3) is 5.58. The maximum Gasteiger partial charge on any atom is 0.0608 e. The minimum atomic E-state index is -0.511. The molecule has 0 heterocycles. The highest BCUT2D eigenvalue weighted by Crippen LogP contribution is 2.67. The number of fused-ring (bicyclic) bond motifs is 5. The first-order chi connectivity index (χ1) is 15.5. The van der Waals surface area contributed by atoms with Crippen LogP contribution >= 0.6 is 0 Å². The molecule has 0 spiro atoms. The number of ether oxygens (including phenoxy) is 1. The zero-order valence-electron chi connectivity index (χ0n) is 23.4. The summed E-state index contributed by atoms with van der Waals surface area (Å²) in [5.74, 6) is 4.41. The molecule has 198 valence electrons. The number of methoxy groups -OCH3 is 1. The summed E-state index contributed by atoms with van der Waals surface area (Å²) in [4.78, 5) is 0. The molecule has 1 N–H and O–H groups in total. The molecule has 4 aliphatic rings. The Morgan fingerprint density at radius 3 is 2.45 bits per heavy atom. The molecule has 0 aromatic heterocycles. The summed E-state index contributed by atoms with van der Waals surface area (Å²) >= 11 is 0. The van der Waals surface area contributed by atoms with Crippen molar-refractivity contribution in [3.05, 3.63) is 11.6 Å². The second-order valence-electron chi connectivity index (χ2n) is 13.5. The molecule has 0 aliphatic heterocycles. The minimum Gasteiger partial charge on any atom is -0.390 e. The van der Waals surface area contributed by atoms with Crippen molar-refractivity contribution in [1.82, 2.24) is 0 Å². The Morgan fingerprint density at radius 2 is 1.82 bits per heavy atom. The average Bonchev–Trinajstić information content (AvgIpc) is 3.10. The summed E-state index contributed by atoms with van der Waals surface area (Å²) in [6.45, 7) is 16.0. The smallest absolute Gasteiger partial charge is 0.0608 e. The van der Waals surface area contributed by atoms with Crippen molar-refractivity contribution >= 4 is 0 Å². The Hall–Kier alpha value is -0.340. The maximum absolute atomic E-state index is 10.1. The van der Waals surface area contributed by atoms with E-state index in [1.54, 1.807) is 5.57 Å². The first-order valence-corrected chi connectivity index (χ1v) is 14.4. The van der Waals surface area contributed by atoms with E-state index in [9.17, 15) is 5.11 Å². The molecule has 0 saturated heterocycles. The molecule has 8 atom stereocenters. The van der Waals surface area contributed by atoms with Crippen molar-refractivity contribution in [3.8, 4) is 0 Å². The van der Waals surface area contributed by atoms with E-state index in [2.05, 4.69) is 40.7 Å². The third-order valence-corrected chi connectivity index (χ3v) is 10.6. The summed E-state index contributed by atoms with van der Waals surface area (Å²) in [5.41, 5.74) is 2.21. The van der Waals surface area contributed by atoms with Gasteiger partial charge in [-0.25, -0.2) is 0 Å². The number of rotatable bonds is 6. The molecule has 2 nitrogen and oxygen atoms in total. The lowest BCUT2D eigenvalue weighted by Crippen LogP contribution is -2.50. The van der Waals surface area contributed by atoms with Crippen LogP contribution in [0.4, 0.5) is 0 Å². The van der Waals surface area contributed by atoms with Crippen molar-refractivity contribution in [2.45, 2.75) is 137 Å². The number of hydrogen-bond donors (Lipinski definition) is 1. The van der Waals surface area contributed by atoms with Gasteiger partial charge in [-0.3, -0.25) is 0 Å². The molecular formula is C31H62O2. The van der Waals surface area contributed by atoms with Gasteiger partial charge in [0.1, 0.15) is 0 Å². The maximum atomic E-state index is 10.1. The molecule has 4 aliphatic carbocycles. The lowest BCUT2D eigenvalue weighted by molar-refractivity contribution is -0.0603. The molecule has 3 unspecified atom stereocenters. The molecule has 0 aromatic rings. The van der Waals surface area contributed by atoms with Crippen LogP contribution in [0.2, 0.25) is 0 Å². The monoisotopic (exact) mass is 466 g/mol. The Labute approximate surface area is 210 Å². The van der Waals surface area contributed by atoms with Crippen LogP contribution in [-0.4, -0.2) is 23.9 Å². The first kappa shape index (κ1) is 27.3. The fourth-order valence-electron chi connectivity index (χ4n) is 8.86. The van der Waals surface area contributed by atoms with Crippen LogP contribution in [0, 0.1) is 40.4 Å². The predicted octanol–water partition coefficient (Wildman–Crippen LogP) is 9.31. The third-order valence-electron chi connectivity index (χ3n) is 10.6. The summed E-state index contributed by atoms with van der Waals surface area (Å²) < 4.78 is 5.74. The average molecular weight is 467 g/mol. The summed E-state index contributed by atoms with van der Waals surface area (Å²) in [6, 6.07) is 0. The molecule has 0 radical (unpaired) electrons. The minimum absolute atomic E-state index is 0. The Kier molecular flexibility index (Phi) is 8.86. The summed E-state index contributed by atoms with van der Waals surface area (Å²) in [5, 5.41) is 10.1. The molecule has 2 heteroatoms. The quantitative estimate of drug-likeness (QED) is 0.395. The van der Waals surface area contributed by atoms with Gasteiger partial charge in [0.2, 0.25) is 0 Å². The van der Waals surface area contributed by atoms with E-state index in [1.165, 1.54) is 70.6 Å². The predicted molar refractivity (Wildman–Crippen MR) is 148 cm³/mol. The van der Waals surface area contributed by atoms with Gasteiger partial charge in [0, 0.05) is 11.4 Å².